The van der Waals surface area contributed by atoms with Gasteiger partial charge >= 0.3 is 5.69 Å². The van der Waals surface area contributed by atoms with Crippen molar-refractivity contribution in [3.63, 3.8) is 0 Å². The van der Waals surface area contributed by atoms with Crippen LogP contribution < -0.4 is 16.1 Å². The van der Waals surface area contributed by atoms with Crippen LogP contribution in [0.2, 0.25) is 5.02 Å². The summed E-state index contributed by atoms with van der Waals surface area (Å²) in [6, 6.07) is 7.20. The number of nitrogens with one attached hydrogen (secondary N) is 2. The molecule has 1 atom stereocenters. The predicted octanol–water partition coefficient (Wildman–Crippen LogP) is 2.84. The average Bonchev–Trinajstić information content (AvgIpc) is 2.80. The average molecular weight is 483 g/mol. The van der Waals surface area contributed by atoms with Crippen LogP contribution in [0.5, 0.6) is 0 Å². The third kappa shape index (κ3) is 4.89. The second-order valence-corrected chi connectivity index (χ2v) is 9.10. The molecule has 3 aromatic rings. The van der Waals surface area contributed by atoms with Crippen LogP contribution in [-0.4, -0.2) is 51.4 Å². The van der Waals surface area contributed by atoms with E-state index < -0.39 is 11.2 Å². The molecule has 1 aliphatic rings. The van der Waals surface area contributed by atoms with Gasteiger partial charge in [0.25, 0.3) is 5.56 Å². The van der Waals surface area contributed by atoms with Gasteiger partial charge < -0.3 is 14.8 Å². The molecule has 2 aromatic heterocycles. The van der Waals surface area contributed by atoms with Crippen molar-refractivity contribution in [2.24, 2.45) is 0 Å². The van der Waals surface area contributed by atoms with E-state index in [1.165, 1.54) is 0 Å². The molecule has 0 spiro atoms. The van der Waals surface area contributed by atoms with Crippen LogP contribution in [0, 0.1) is 6.92 Å². The fourth-order valence-corrected chi connectivity index (χ4v) is 4.53. The maximum Gasteiger partial charge on any atom is 0.325 e. The zero-order chi connectivity index (χ0) is 24.4. The number of H-pyrrole nitrogens is 2. The Morgan fingerprint density at radius 1 is 1.24 bits per heavy atom. The van der Waals surface area contributed by atoms with Gasteiger partial charge in [0, 0.05) is 48.7 Å². The summed E-state index contributed by atoms with van der Waals surface area (Å²) in [5, 5.41) is 0.601. The second kappa shape index (κ2) is 9.80. The summed E-state index contributed by atoms with van der Waals surface area (Å²) in [5.74, 6) is 0.360. The SMILES string of the molecule is Cc1[nH]c(=O)[nH]c(=O)c1CC(=O)N1CCCC[C@H]1c1nc(N(C)C)ncc1-c1cccc(Cl)c1. The lowest BCUT2D eigenvalue weighted by molar-refractivity contribution is -0.134. The summed E-state index contributed by atoms with van der Waals surface area (Å²) in [7, 11) is 3.74. The summed E-state index contributed by atoms with van der Waals surface area (Å²) in [6.45, 7) is 2.18. The standard InChI is InChI=1S/C24H27ClN6O3/c1-14-17(22(33)29-24(34)27-14)12-20(32)31-10-5-4-9-19(31)21-18(13-26-23(28-21)30(2)3)15-7-6-8-16(25)11-15/h6-8,11,13,19H,4-5,9-10,12H2,1-3H3,(H2,27,29,33,34)/t19-/m0/s1. The van der Waals surface area contributed by atoms with Gasteiger partial charge in [-0.15, -0.1) is 0 Å². The van der Waals surface area contributed by atoms with Crippen molar-refractivity contribution in [3.8, 4) is 11.1 Å². The van der Waals surface area contributed by atoms with Gasteiger partial charge in [-0.3, -0.25) is 14.6 Å². The Morgan fingerprint density at radius 3 is 2.74 bits per heavy atom. The van der Waals surface area contributed by atoms with E-state index in [4.69, 9.17) is 16.6 Å². The summed E-state index contributed by atoms with van der Waals surface area (Å²) >= 11 is 6.25. The van der Waals surface area contributed by atoms with Crippen LogP contribution in [0.25, 0.3) is 11.1 Å². The molecule has 0 radical (unpaired) electrons. The summed E-state index contributed by atoms with van der Waals surface area (Å²) in [5.41, 5.74) is 1.97. The van der Waals surface area contributed by atoms with Gasteiger partial charge in [0.05, 0.1) is 18.2 Å². The van der Waals surface area contributed by atoms with E-state index >= 15 is 0 Å². The largest absolute Gasteiger partial charge is 0.347 e. The molecule has 34 heavy (non-hydrogen) atoms. The number of rotatable bonds is 5. The molecule has 0 unspecified atom stereocenters. The molecule has 3 heterocycles. The third-order valence-corrected chi connectivity index (χ3v) is 6.30. The minimum absolute atomic E-state index is 0.105. The highest BCUT2D eigenvalue weighted by Gasteiger charge is 2.32. The minimum Gasteiger partial charge on any atom is -0.347 e. The first-order valence-electron chi connectivity index (χ1n) is 11.2. The van der Waals surface area contributed by atoms with E-state index in [0.29, 0.717) is 23.2 Å². The normalized spacial score (nSPS) is 15.9. The lowest BCUT2D eigenvalue weighted by Crippen LogP contribution is -2.41. The molecular weight excluding hydrogens is 456 g/mol. The van der Waals surface area contributed by atoms with Crippen molar-refractivity contribution in [2.45, 2.75) is 38.6 Å². The van der Waals surface area contributed by atoms with E-state index in [1.54, 1.807) is 24.1 Å². The second-order valence-electron chi connectivity index (χ2n) is 8.66. The number of piperidine rings is 1. The number of aromatic amines is 2. The molecule has 0 bridgehead atoms. The molecule has 1 aliphatic heterocycles. The molecule has 0 saturated carbocycles. The van der Waals surface area contributed by atoms with E-state index in [-0.39, 0.29) is 23.9 Å². The van der Waals surface area contributed by atoms with E-state index in [2.05, 4.69) is 15.0 Å². The lowest BCUT2D eigenvalue weighted by Gasteiger charge is -2.36. The van der Waals surface area contributed by atoms with E-state index in [0.717, 1.165) is 36.1 Å². The summed E-state index contributed by atoms with van der Waals surface area (Å²) in [6.07, 6.45) is 4.22. The number of aryl methyl sites for hydroxylation is 1. The minimum atomic E-state index is -0.585. The number of hydrogen-bond acceptors (Lipinski definition) is 6. The quantitative estimate of drug-likeness (QED) is 0.577. The molecule has 10 heteroatoms. The first-order valence-corrected chi connectivity index (χ1v) is 11.5. The van der Waals surface area contributed by atoms with E-state index in [1.807, 2.05) is 37.2 Å². The number of nitrogens with zero attached hydrogens (tertiary/aromatic N) is 4. The van der Waals surface area contributed by atoms with Gasteiger partial charge in [0.1, 0.15) is 0 Å². The fourth-order valence-electron chi connectivity index (χ4n) is 4.34. The Bertz CT molecular complexity index is 1330. The van der Waals surface area contributed by atoms with Gasteiger partial charge in [-0.2, -0.15) is 0 Å². The highest BCUT2D eigenvalue weighted by molar-refractivity contribution is 6.30. The van der Waals surface area contributed by atoms with Crippen molar-refractivity contribution in [1.29, 1.82) is 0 Å². The Kier molecular flexibility index (Phi) is 6.83. The number of amides is 1. The number of carbonyl (C=O) groups excluding carboxylic acids is 1. The van der Waals surface area contributed by atoms with Crippen LogP contribution in [0.3, 0.4) is 0 Å². The van der Waals surface area contributed by atoms with Gasteiger partial charge in [0.2, 0.25) is 11.9 Å². The number of likely N-dealkylation sites (tertiary alicyclic amines) is 1. The first-order chi connectivity index (χ1) is 16.2. The number of carbonyl (C=O) groups is 1. The number of anilines is 1. The maximum atomic E-state index is 13.5. The topological polar surface area (TPSA) is 115 Å². The lowest BCUT2D eigenvalue weighted by atomic mass is 9.93. The Hall–Kier alpha value is -3.46. The maximum absolute atomic E-state index is 13.5. The molecule has 1 amide bonds. The molecule has 1 fully saturated rings. The highest BCUT2D eigenvalue weighted by Crippen LogP contribution is 2.37. The summed E-state index contributed by atoms with van der Waals surface area (Å²) < 4.78 is 0. The zero-order valence-electron chi connectivity index (χ0n) is 19.4. The zero-order valence-corrected chi connectivity index (χ0v) is 20.1. The van der Waals surface area contributed by atoms with E-state index in [9.17, 15) is 14.4 Å². The fraction of sp³-hybridized carbons (Fsp3) is 0.375. The van der Waals surface area contributed by atoms with Gasteiger partial charge in [-0.05, 0) is 43.9 Å². The molecule has 1 aromatic carbocycles. The predicted molar refractivity (Wildman–Crippen MR) is 131 cm³/mol. The number of aromatic nitrogens is 4. The van der Waals surface area contributed by atoms with Crippen molar-refractivity contribution in [1.82, 2.24) is 24.8 Å². The number of hydrogen-bond donors (Lipinski definition) is 2. The van der Waals surface area contributed by atoms with Gasteiger partial charge in [-0.1, -0.05) is 23.7 Å². The highest BCUT2D eigenvalue weighted by atomic mass is 35.5. The molecule has 1 saturated heterocycles. The Labute approximate surface area is 201 Å². The van der Waals surface area contributed by atoms with Gasteiger partial charge in [0.15, 0.2) is 0 Å². The van der Waals surface area contributed by atoms with Crippen molar-refractivity contribution < 1.29 is 4.79 Å². The molecule has 178 valence electrons. The number of halogens is 1. The van der Waals surface area contributed by atoms with Crippen molar-refractivity contribution in [2.75, 3.05) is 25.5 Å². The Morgan fingerprint density at radius 2 is 2.03 bits per heavy atom. The number of benzene rings is 1. The Balaban J connectivity index is 1.76. The molecule has 2 N–H and O–H groups in total. The van der Waals surface area contributed by atoms with Crippen LogP contribution in [-0.2, 0) is 11.2 Å². The third-order valence-electron chi connectivity index (χ3n) is 6.06. The first kappa shape index (κ1) is 23.7. The molecule has 9 nitrogen and oxygen atoms in total. The molecule has 4 rings (SSSR count). The van der Waals surface area contributed by atoms with Gasteiger partial charge in [-0.25, -0.2) is 14.8 Å². The van der Waals surface area contributed by atoms with Crippen LogP contribution in [0.4, 0.5) is 5.95 Å². The van der Waals surface area contributed by atoms with Crippen LogP contribution in [0.1, 0.15) is 42.3 Å². The van der Waals surface area contributed by atoms with Crippen molar-refractivity contribution >= 4 is 23.5 Å². The van der Waals surface area contributed by atoms with Crippen LogP contribution >= 0.6 is 11.6 Å². The monoisotopic (exact) mass is 482 g/mol. The smallest absolute Gasteiger partial charge is 0.325 e. The van der Waals surface area contributed by atoms with Crippen LogP contribution in [0.15, 0.2) is 40.1 Å². The molecular formula is C24H27ClN6O3. The molecule has 0 aliphatic carbocycles. The van der Waals surface area contributed by atoms with Crippen molar-refractivity contribution in [3.05, 3.63) is 73.3 Å². The summed E-state index contributed by atoms with van der Waals surface area (Å²) in [4.78, 5) is 55.1.